The Hall–Kier alpha value is -3.88. The van der Waals surface area contributed by atoms with Gasteiger partial charge >= 0.3 is 5.97 Å². The van der Waals surface area contributed by atoms with Gasteiger partial charge in [-0.25, -0.2) is 10.2 Å². The molecule has 2 aromatic carbocycles. The number of ether oxygens (including phenoxy) is 3. The van der Waals surface area contributed by atoms with Gasteiger partial charge in [-0.05, 0) is 74.9 Å². The van der Waals surface area contributed by atoms with E-state index in [0.29, 0.717) is 29.4 Å². The molecule has 2 N–H and O–H groups in total. The van der Waals surface area contributed by atoms with Gasteiger partial charge in [-0.3, -0.25) is 9.59 Å². The average molecular weight is 441 g/mol. The van der Waals surface area contributed by atoms with Crippen LogP contribution in [0.2, 0.25) is 0 Å². The van der Waals surface area contributed by atoms with Crippen molar-refractivity contribution in [1.29, 1.82) is 0 Å². The molecule has 9 heteroatoms. The van der Waals surface area contributed by atoms with Crippen LogP contribution < -0.4 is 20.2 Å². The van der Waals surface area contributed by atoms with Crippen molar-refractivity contribution in [3.63, 3.8) is 0 Å². The molecular weight excluding hydrogens is 414 g/mol. The van der Waals surface area contributed by atoms with Gasteiger partial charge in [0.05, 0.1) is 19.4 Å². The molecule has 0 heterocycles. The number of carbonyl (C=O) groups is 3. The van der Waals surface area contributed by atoms with Crippen LogP contribution in [0.15, 0.2) is 53.6 Å². The first-order chi connectivity index (χ1) is 15.4. The predicted molar refractivity (Wildman–Crippen MR) is 120 cm³/mol. The summed E-state index contributed by atoms with van der Waals surface area (Å²) in [6.07, 6.45) is 0.340. The number of esters is 1. The fraction of sp³-hybridized carbons (Fsp3) is 0.304. The van der Waals surface area contributed by atoms with E-state index in [2.05, 4.69) is 15.8 Å². The SMILES string of the molecule is CCOC(=O)C(C)Oc1ccc(C=NNC(=O)CC(=O)Nc2ccc(OCC)cc2)cc1. The number of hydrogen-bond acceptors (Lipinski definition) is 7. The van der Waals surface area contributed by atoms with Gasteiger partial charge in [0.1, 0.15) is 17.9 Å². The summed E-state index contributed by atoms with van der Waals surface area (Å²) in [7, 11) is 0. The Kier molecular flexibility index (Phi) is 9.70. The van der Waals surface area contributed by atoms with Crippen molar-refractivity contribution >= 4 is 29.7 Å². The second-order valence-electron chi connectivity index (χ2n) is 6.56. The summed E-state index contributed by atoms with van der Waals surface area (Å²) in [5.41, 5.74) is 3.57. The van der Waals surface area contributed by atoms with Gasteiger partial charge in [0.15, 0.2) is 6.10 Å². The maximum Gasteiger partial charge on any atom is 0.347 e. The van der Waals surface area contributed by atoms with E-state index >= 15 is 0 Å². The Morgan fingerprint density at radius 3 is 2.22 bits per heavy atom. The lowest BCUT2D eigenvalue weighted by Crippen LogP contribution is -2.26. The highest BCUT2D eigenvalue weighted by molar-refractivity contribution is 6.03. The topological polar surface area (TPSA) is 115 Å². The second-order valence-corrected chi connectivity index (χ2v) is 6.56. The van der Waals surface area contributed by atoms with E-state index in [1.807, 2.05) is 6.92 Å². The Morgan fingerprint density at radius 1 is 0.938 bits per heavy atom. The second kappa shape index (κ2) is 12.7. The van der Waals surface area contributed by atoms with Crippen LogP contribution in [-0.4, -0.2) is 43.3 Å². The van der Waals surface area contributed by atoms with E-state index < -0.39 is 23.9 Å². The minimum atomic E-state index is -0.720. The zero-order chi connectivity index (χ0) is 23.3. The van der Waals surface area contributed by atoms with E-state index in [1.54, 1.807) is 62.4 Å². The maximum absolute atomic E-state index is 12.0. The quantitative estimate of drug-likeness (QED) is 0.240. The molecule has 0 aromatic heterocycles. The van der Waals surface area contributed by atoms with Crippen molar-refractivity contribution in [2.45, 2.75) is 33.3 Å². The molecule has 0 aliphatic rings. The number of carbonyl (C=O) groups excluding carboxylic acids is 3. The van der Waals surface area contributed by atoms with Gasteiger partial charge in [0, 0.05) is 5.69 Å². The van der Waals surface area contributed by atoms with Gasteiger partial charge in [-0.2, -0.15) is 5.10 Å². The number of anilines is 1. The Balaban J connectivity index is 1.76. The molecule has 1 atom stereocenters. The summed E-state index contributed by atoms with van der Waals surface area (Å²) < 4.78 is 15.7. The molecule has 0 radical (unpaired) electrons. The van der Waals surface area contributed by atoms with Crippen molar-refractivity contribution in [3.05, 3.63) is 54.1 Å². The van der Waals surface area contributed by atoms with Gasteiger partial charge < -0.3 is 19.5 Å². The number of rotatable bonds is 11. The Labute approximate surface area is 186 Å². The molecule has 0 bridgehead atoms. The smallest absolute Gasteiger partial charge is 0.347 e. The lowest BCUT2D eigenvalue weighted by atomic mass is 10.2. The molecular formula is C23H27N3O6. The minimum absolute atomic E-state index is 0.289. The maximum atomic E-state index is 12.0. The van der Waals surface area contributed by atoms with Crippen LogP contribution in [0.5, 0.6) is 11.5 Å². The summed E-state index contributed by atoms with van der Waals surface area (Å²) in [6, 6.07) is 13.6. The average Bonchev–Trinajstić information content (AvgIpc) is 2.76. The van der Waals surface area contributed by atoms with Gasteiger partial charge in [-0.15, -0.1) is 0 Å². The lowest BCUT2D eigenvalue weighted by Gasteiger charge is -2.13. The highest BCUT2D eigenvalue weighted by Gasteiger charge is 2.15. The monoisotopic (exact) mass is 441 g/mol. The zero-order valence-electron chi connectivity index (χ0n) is 18.3. The van der Waals surface area contributed by atoms with E-state index in [0.717, 1.165) is 0 Å². The molecule has 1 unspecified atom stereocenters. The Morgan fingerprint density at radius 2 is 1.59 bits per heavy atom. The molecule has 0 aliphatic heterocycles. The largest absolute Gasteiger partial charge is 0.494 e. The number of nitrogens with zero attached hydrogens (tertiary/aromatic N) is 1. The summed E-state index contributed by atoms with van der Waals surface area (Å²) >= 11 is 0. The Bertz CT molecular complexity index is 926. The number of hydrogen-bond donors (Lipinski definition) is 2. The van der Waals surface area contributed by atoms with Gasteiger partial charge in [0.25, 0.3) is 0 Å². The van der Waals surface area contributed by atoms with Crippen LogP contribution in [-0.2, 0) is 19.1 Å². The minimum Gasteiger partial charge on any atom is -0.494 e. The van der Waals surface area contributed by atoms with Crippen molar-refractivity contribution < 1.29 is 28.6 Å². The molecule has 2 aromatic rings. The standard InChI is InChI=1S/C23H27N3O6/c1-4-30-19-12-8-18(9-13-19)25-21(27)14-22(28)26-24-15-17-6-10-20(11-7-17)32-16(3)23(29)31-5-2/h6-13,15-16H,4-5,14H2,1-3H3,(H,25,27)(H,26,28). The van der Waals surface area contributed by atoms with E-state index in [-0.39, 0.29) is 13.0 Å². The van der Waals surface area contributed by atoms with Crippen LogP contribution in [0.4, 0.5) is 5.69 Å². The summed E-state index contributed by atoms with van der Waals surface area (Å²) in [6.45, 7) is 6.06. The lowest BCUT2D eigenvalue weighted by molar-refractivity contribution is -0.150. The number of hydrazone groups is 1. The van der Waals surface area contributed by atoms with Crippen molar-refractivity contribution in [1.82, 2.24) is 5.43 Å². The molecule has 9 nitrogen and oxygen atoms in total. The highest BCUT2D eigenvalue weighted by Crippen LogP contribution is 2.16. The van der Waals surface area contributed by atoms with E-state index in [9.17, 15) is 14.4 Å². The molecule has 0 saturated heterocycles. The van der Waals surface area contributed by atoms with Crippen LogP contribution >= 0.6 is 0 Å². The molecule has 0 aliphatic carbocycles. The fourth-order valence-corrected chi connectivity index (χ4v) is 2.51. The van der Waals surface area contributed by atoms with Crippen molar-refractivity contribution in [3.8, 4) is 11.5 Å². The van der Waals surface area contributed by atoms with E-state index in [1.165, 1.54) is 6.21 Å². The van der Waals surface area contributed by atoms with Crippen LogP contribution in [0.25, 0.3) is 0 Å². The normalized spacial score (nSPS) is 11.5. The molecule has 0 saturated carbocycles. The first kappa shape index (κ1) is 24.4. The summed E-state index contributed by atoms with van der Waals surface area (Å²) in [5.74, 6) is -0.247. The number of amides is 2. The predicted octanol–water partition coefficient (Wildman–Crippen LogP) is 2.89. The fourth-order valence-electron chi connectivity index (χ4n) is 2.51. The highest BCUT2D eigenvalue weighted by atomic mass is 16.6. The number of nitrogens with one attached hydrogen (secondary N) is 2. The van der Waals surface area contributed by atoms with E-state index in [4.69, 9.17) is 14.2 Å². The molecule has 0 spiro atoms. The van der Waals surface area contributed by atoms with Gasteiger partial charge in [-0.1, -0.05) is 0 Å². The summed E-state index contributed by atoms with van der Waals surface area (Å²) in [4.78, 5) is 35.5. The number of benzene rings is 2. The zero-order valence-corrected chi connectivity index (χ0v) is 18.3. The third-order valence-electron chi connectivity index (χ3n) is 3.98. The molecule has 2 rings (SSSR count). The first-order valence-electron chi connectivity index (χ1n) is 10.2. The molecule has 170 valence electrons. The molecule has 32 heavy (non-hydrogen) atoms. The van der Waals surface area contributed by atoms with Crippen LogP contribution in [0.1, 0.15) is 32.8 Å². The van der Waals surface area contributed by atoms with Crippen LogP contribution in [0, 0.1) is 0 Å². The van der Waals surface area contributed by atoms with Gasteiger partial charge in [0.2, 0.25) is 11.8 Å². The van der Waals surface area contributed by atoms with Crippen molar-refractivity contribution in [2.75, 3.05) is 18.5 Å². The molecule has 0 fully saturated rings. The summed E-state index contributed by atoms with van der Waals surface area (Å²) in [5, 5.41) is 6.47. The molecule has 2 amide bonds. The third-order valence-corrected chi connectivity index (χ3v) is 3.98. The third kappa shape index (κ3) is 8.47. The van der Waals surface area contributed by atoms with Crippen LogP contribution in [0.3, 0.4) is 0 Å². The first-order valence-corrected chi connectivity index (χ1v) is 10.2. The van der Waals surface area contributed by atoms with Crippen molar-refractivity contribution in [2.24, 2.45) is 5.10 Å².